The van der Waals surface area contributed by atoms with Gasteiger partial charge in [0, 0.05) is 30.4 Å². The Hall–Kier alpha value is -1.80. The van der Waals surface area contributed by atoms with E-state index in [1.54, 1.807) is 25.2 Å². The number of rotatable bonds is 6. The van der Waals surface area contributed by atoms with Gasteiger partial charge in [-0.2, -0.15) is 0 Å². The van der Waals surface area contributed by atoms with Crippen molar-refractivity contribution in [2.75, 3.05) is 27.3 Å². The Kier molecular flexibility index (Phi) is 6.88. The molecule has 0 aromatic heterocycles. The number of carbonyl (C=O) groups excluding carboxylic acids is 1. The lowest BCUT2D eigenvalue weighted by Gasteiger charge is -2.33. The molecule has 26 heavy (non-hydrogen) atoms. The highest BCUT2D eigenvalue weighted by Crippen LogP contribution is 2.39. The van der Waals surface area contributed by atoms with Crippen LogP contribution in [0, 0.1) is 0 Å². The van der Waals surface area contributed by atoms with Crippen molar-refractivity contribution < 1.29 is 14.3 Å². The van der Waals surface area contributed by atoms with Crippen LogP contribution in [-0.4, -0.2) is 43.2 Å². The third-order valence-corrected chi connectivity index (χ3v) is 5.20. The van der Waals surface area contributed by atoms with Crippen molar-refractivity contribution in [1.82, 2.24) is 15.5 Å². The topological polar surface area (TPSA) is 62.8 Å². The van der Waals surface area contributed by atoms with Crippen LogP contribution >= 0.6 is 28.1 Å². The highest BCUT2D eigenvalue weighted by Gasteiger charge is 2.34. The maximum Gasteiger partial charge on any atom is 0.253 e. The molecule has 0 spiro atoms. The van der Waals surface area contributed by atoms with Crippen LogP contribution in [0.15, 0.2) is 27.9 Å². The van der Waals surface area contributed by atoms with Crippen molar-refractivity contribution in [1.29, 1.82) is 0 Å². The standard InChI is InChI=1S/C18H24BrN3O3S/c1-6-22(7-2)17(23)15-10(3)20-18(26)21-16(15)11-8-12(19)14(25-5)9-13(11)24-4/h8-9,16H,6-7H2,1-5H3,(H2,20,21,26)/t16-/m0/s1. The van der Waals surface area contributed by atoms with Crippen molar-refractivity contribution in [2.45, 2.75) is 26.8 Å². The van der Waals surface area contributed by atoms with Crippen molar-refractivity contribution in [2.24, 2.45) is 0 Å². The minimum atomic E-state index is -0.422. The average molecular weight is 442 g/mol. The van der Waals surface area contributed by atoms with Gasteiger partial charge >= 0.3 is 0 Å². The molecule has 1 atom stereocenters. The van der Waals surface area contributed by atoms with Crippen LogP contribution in [-0.2, 0) is 4.79 Å². The smallest absolute Gasteiger partial charge is 0.253 e. The van der Waals surface area contributed by atoms with E-state index in [-0.39, 0.29) is 5.91 Å². The molecule has 8 heteroatoms. The van der Waals surface area contributed by atoms with Crippen LogP contribution in [0.5, 0.6) is 11.5 Å². The minimum Gasteiger partial charge on any atom is -0.496 e. The second-order valence-electron chi connectivity index (χ2n) is 5.78. The SMILES string of the molecule is CCN(CC)C(=O)C1=C(C)NC(=S)N[C@H]1c1cc(Br)c(OC)cc1OC. The molecular weight excluding hydrogens is 418 g/mol. The lowest BCUT2D eigenvalue weighted by atomic mass is 9.93. The summed E-state index contributed by atoms with van der Waals surface area (Å²) in [5, 5.41) is 6.74. The molecule has 0 aliphatic carbocycles. The van der Waals surface area contributed by atoms with Gasteiger partial charge in [-0.15, -0.1) is 0 Å². The number of likely N-dealkylation sites (N-methyl/N-ethyl adjacent to an activating group) is 1. The third kappa shape index (κ3) is 3.96. The van der Waals surface area contributed by atoms with E-state index in [4.69, 9.17) is 21.7 Å². The predicted octanol–water partition coefficient (Wildman–Crippen LogP) is 3.13. The zero-order valence-corrected chi connectivity index (χ0v) is 18.0. The summed E-state index contributed by atoms with van der Waals surface area (Å²) in [5.41, 5.74) is 2.17. The Labute approximate surface area is 168 Å². The number of nitrogens with one attached hydrogen (secondary N) is 2. The Balaban J connectivity index is 2.61. The van der Waals surface area contributed by atoms with Gasteiger partial charge in [0.25, 0.3) is 5.91 Å². The molecule has 1 heterocycles. The number of amides is 1. The van der Waals surface area contributed by atoms with Gasteiger partial charge in [0.05, 0.1) is 30.3 Å². The maximum absolute atomic E-state index is 13.1. The van der Waals surface area contributed by atoms with Crippen molar-refractivity contribution in [3.63, 3.8) is 0 Å². The number of benzene rings is 1. The summed E-state index contributed by atoms with van der Waals surface area (Å²) >= 11 is 8.84. The summed E-state index contributed by atoms with van der Waals surface area (Å²) in [6.07, 6.45) is 0. The Morgan fingerprint density at radius 2 is 1.85 bits per heavy atom. The lowest BCUT2D eigenvalue weighted by molar-refractivity contribution is -0.127. The number of ether oxygens (including phenoxy) is 2. The number of nitrogens with zero attached hydrogens (tertiary/aromatic N) is 1. The summed E-state index contributed by atoms with van der Waals surface area (Å²) in [7, 11) is 3.19. The number of carbonyl (C=O) groups is 1. The average Bonchev–Trinajstić information content (AvgIpc) is 2.61. The van der Waals surface area contributed by atoms with Crippen molar-refractivity contribution in [3.05, 3.63) is 33.4 Å². The van der Waals surface area contributed by atoms with Crippen LogP contribution in [0.3, 0.4) is 0 Å². The normalized spacial score (nSPS) is 16.7. The molecule has 1 aliphatic rings. The largest absolute Gasteiger partial charge is 0.496 e. The van der Waals surface area contributed by atoms with E-state index in [1.165, 1.54) is 0 Å². The fourth-order valence-corrected chi connectivity index (χ4v) is 3.79. The summed E-state index contributed by atoms with van der Waals surface area (Å²) in [6.45, 7) is 7.05. The third-order valence-electron chi connectivity index (χ3n) is 4.37. The number of methoxy groups -OCH3 is 2. The highest BCUT2D eigenvalue weighted by molar-refractivity contribution is 9.10. The van der Waals surface area contributed by atoms with Gasteiger partial charge in [-0.1, -0.05) is 0 Å². The van der Waals surface area contributed by atoms with E-state index in [9.17, 15) is 4.79 Å². The fraction of sp³-hybridized carbons (Fsp3) is 0.444. The minimum absolute atomic E-state index is 0.0333. The van der Waals surface area contributed by atoms with Gasteiger partial charge < -0.3 is 25.0 Å². The van der Waals surface area contributed by atoms with Gasteiger partial charge in [-0.05, 0) is 55.0 Å². The van der Waals surface area contributed by atoms with E-state index < -0.39 is 6.04 Å². The molecule has 1 aromatic carbocycles. The summed E-state index contributed by atoms with van der Waals surface area (Å²) < 4.78 is 11.7. The van der Waals surface area contributed by atoms with Gasteiger partial charge in [0.2, 0.25) is 0 Å². The Morgan fingerprint density at radius 1 is 1.23 bits per heavy atom. The van der Waals surface area contributed by atoms with Crippen LogP contribution < -0.4 is 20.1 Å². The molecule has 0 unspecified atom stereocenters. The summed E-state index contributed by atoms with van der Waals surface area (Å²) in [6, 6.07) is 3.27. The first-order chi connectivity index (χ1) is 12.4. The van der Waals surface area contributed by atoms with Crippen molar-refractivity contribution in [3.8, 4) is 11.5 Å². The van der Waals surface area contributed by atoms with Crippen LogP contribution in [0.25, 0.3) is 0 Å². The molecule has 2 N–H and O–H groups in total. The van der Waals surface area contributed by atoms with E-state index in [0.29, 0.717) is 35.3 Å². The highest BCUT2D eigenvalue weighted by atomic mass is 79.9. The first-order valence-corrected chi connectivity index (χ1v) is 9.56. The first kappa shape index (κ1) is 20.5. The maximum atomic E-state index is 13.1. The molecule has 1 amide bonds. The number of halogens is 1. The molecule has 2 rings (SSSR count). The van der Waals surface area contributed by atoms with Gasteiger partial charge in [0.1, 0.15) is 11.5 Å². The fourth-order valence-electron chi connectivity index (χ4n) is 3.00. The summed E-state index contributed by atoms with van der Waals surface area (Å²) in [4.78, 5) is 14.9. The van der Waals surface area contributed by atoms with Crippen LogP contribution in [0.2, 0.25) is 0 Å². The molecule has 1 aliphatic heterocycles. The molecule has 142 valence electrons. The molecule has 1 aromatic rings. The number of thiocarbonyl (C=S) groups is 1. The van der Waals surface area contributed by atoms with Gasteiger partial charge in [-0.25, -0.2) is 0 Å². The van der Waals surface area contributed by atoms with E-state index in [0.717, 1.165) is 15.7 Å². The predicted molar refractivity (Wildman–Crippen MR) is 109 cm³/mol. The second kappa shape index (κ2) is 8.73. The van der Waals surface area contributed by atoms with Gasteiger partial charge in [-0.3, -0.25) is 4.79 Å². The summed E-state index contributed by atoms with van der Waals surface area (Å²) in [5.74, 6) is 1.23. The van der Waals surface area contributed by atoms with E-state index >= 15 is 0 Å². The zero-order chi connectivity index (χ0) is 19.4. The second-order valence-corrected chi connectivity index (χ2v) is 7.04. The molecule has 6 nitrogen and oxygen atoms in total. The van der Waals surface area contributed by atoms with Crippen LogP contribution in [0.4, 0.5) is 0 Å². The zero-order valence-electron chi connectivity index (χ0n) is 15.6. The van der Waals surface area contributed by atoms with Crippen molar-refractivity contribution >= 4 is 39.2 Å². The molecule has 0 saturated carbocycles. The number of allylic oxidation sites excluding steroid dienone is 1. The molecule has 0 radical (unpaired) electrons. The van der Waals surface area contributed by atoms with Gasteiger partial charge in [0.15, 0.2) is 5.11 Å². The van der Waals surface area contributed by atoms with E-state index in [1.807, 2.05) is 26.8 Å². The quantitative estimate of drug-likeness (QED) is 0.661. The molecule has 0 fully saturated rings. The Bertz CT molecular complexity index is 747. The molecular formula is C18H24BrN3O3S. The number of hydrogen-bond donors (Lipinski definition) is 2. The molecule has 0 saturated heterocycles. The van der Waals surface area contributed by atoms with E-state index in [2.05, 4.69) is 26.6 Å². The lowest BCUT2D eigenvalue weighted by Crippen LogP contribution is -2.47. The van der Waals surface area contributed by atoms with Crippen LogP contribution in [0.1, 0.15) is 32.4 Å². The molecule has 0 bridgehead atoms. The number of hydrogen-bond acceptors (Lipinski definition) is 4. The monoisotopic (exact) mass is 441 g/mol. The Morgan fingerprint density at radius 3 is 2.38 bits per heavy atom. The first-order valence-electron chi connectivity index (χ1n) is 8.36.